The first kappa shape index (κ1) is 25.5. The van der Waals surface area contributed by atoms with Gasteiger partial charge in [-0.15, -0.1) is 0 Å². The van der Waals surface area contributed by atoms with Gasteiger partial charge >= 0.3 is 0 Å². The summed E-state index contributed by atoms with van der Waals surface area (Å²) in [7, 11) is -2.01. The van der Waals surface area contributed by atoms with E-state index >= 15 is 0 Å². The summed E-state index contributed by atoms with van der Waals surface area (Å²) in [6.45, 7) is 9.06. The maximum Gasteiger partial charge on any atom is 0.253 e. The Kier molecular flexibility index (Phi) is 8.08. The number of benzene rings is 2. The number of hydrogen-bond acceptors (Lipinski definition) is 4. The third-order valence-electron chi connectivity index (χ3n) is 6.19. The van der Waals surface area contributed by atoms with E-state index in [4.69, 9.17) is 16.3 Å². The lowest BCUT2D eigenvalue weighted by Crippen LogP contribution is -2.35. The molecule has 33 heavy (non-hydrogen) atoms. The van der Waals surface area contributed by atoms with Gasteiger partial charge in [0.2, 0.25) is 10.0 Å². The molecule has 8 heteroatoms. The van der Waals surface area contributed by atoms with Gasteiger partial charge in [-0.2, -0.15) is 4.31 Å². The SMILES string of the molecule is COc1cc(C)c(C(C)NC(=O)c2cc(S(=O)(=O)N3CCCCC3)ccc2Cl)cc1C(C)C. The molecule has 0 bridgehead atoms. The van der Waals surface area contributed by atoms with Crippen LogP contribution in [0.15, 0.2) is 35.2 Å². The average Bonchev–Trinajstić information content (AvgIpc) is 2.79. The lowest BCUT2D eigenvalue weighted by molar-refractivity contribution is 0.0939. The molecule has 2 aromatic carbocycles. The fourth-order valence-corrected chi connectivity index (χ4v) is 6.00. The second-order valence-corrected chi connectivity index (χ2v) is 11.3. The zero-order valence-corrected chi connectivity index (χ0v) is 21.5. The van der Waals surface area contributed by atoms with E-state index < -0.39 is 15.9 Å². The minimum atomic E-state index is -3.66. The number of aryl methyl sites for hydroxylation is 1. The van der Waals surface area contributed by atoms with Gasteiger partial charge < -0.3 is 10.1 Å². The van der Waals surface area contributed by atoms with Crippen molar-refractivity contribution in [1.29, 1.82) is 0 Å². The van der Waals surface area contributed by atoms with E-state index in [9.17, 15) is 13.2 Å². The molecule has 1 N–H and O–H groups in total. The Hall–Kier alpha value is -2.09. The molecule has 1 amide bonds. The number of carbonyl (C=O) groups excluding carboxylic acids is 1. The van der Waals surface area contributed by atoms with Crippen LogP contribution in [0.4, 0.5) is 0 Å². The Bertz CT molecular complexity index is 1130. The Labute approximate surface area is 202 Å². The molecule has 3 rings (SSSR count). The van der Waals surface area contributed by atoms with Gasteiger partial charge in [0, 0.05) is 13.1 Å². The van der Waals surface area contributed by atoms with Crippen LogP contribution in [0.3, 0.4) is 0 Å². The Morgan fingerprint density at radius 2 is 1.73 bits per heavy atom. The zero-order chi connectivity index (χ0) is 24.3. The number of amides is 1. The van der Waals surface area contributed by atoms with Crippen molar-refractivity contribution < 1.29 is 17.9 Å². The van der Waals surface area contributed by atoms with E-state index in [2.05, 4.69) is 25.2 Å². The molecule has 2 aromatic rings. The second kappa shape index (κ2) is 10.5. The van der Waals surface area contributed by atoms with Crippen LogP contribution in [0.1, 0.15) is 79.0 Å². The second-order valence-electron chi connectivity index (χ2n) is 8.91. The van der Waals surface area contributed by atoms with E-state index in [-0.39, 0.29) is 27.4 Å². The molecule has 0 spiro atoms. The molecule has 1 aliphatic rings. The smallest absolute Gasteiger partial charge is 0.253 e. The average molecular weight is 493 g/mol. The molecule has 0 aliphatic carbocycles. The quantitative estimate of drug-likeness (QED) is 0.557. The summed E-state index contributed by atoms with van der Waals surface area (Å²) in [5.41, 5.74) is 3.18. The third-order valence-corrected chi connectivity index (χ3v) is 8.41. The number of carbonyl (C=O) groups is 1. The number of halogens is 1. The number of sulfonamides is 1. The van der Waals surface area contributed by atoms with Crippen LogP contribution in [0.2, 0.25) is 5.02 Å². The highest BCUT2D eigenvalue weighted by atomic mass is 35.5. The summed E-state index contributed by atoms with van der Waals surface area (Å²) in [5, 5.41) is 3.20. The van der Waals surface area contributed by atoms with E-state index in [0.29, 0.717) is 13.1 Å². The number of nitrogens with one attached hydrogen (secondary N) is 1. The number of nitrogens with zero attached hydrogens (tertiary/aromatic N) is 1. The monoisotopic (exact) mass is 492 g/mol. The first-order valence-electron chi connectivity index (χ1n) is 11.3. The minimum Gasteiger partial charge on any atom is -0.496 e. The molecule has 180 valence electrons. The lowest BCUT2D eigenvalue weighted by atomic mass is 9.93. The molecule has 1 aliphatic heterocycles. The minimum absolute atomic E-state index is 0.0920. The normalized spacial score (nSPS) is 16.0. The van der Waals surface area contributed by atoms with Gasteiger partial charge in [-0.05, 0) is 79.6 Å². The number of hydrogen-bond donors (Lipinski definition) is 1. The fraction of sp³-hybridized carbons (Fsp3) is 0.480. The van der Waals surface area contributed by atoms with Gasteiger partial charge in [0.05, 0.1) is 28.6 Å². The Morgan fingerprint density at radius 3 is 2.33 bits per heavy atom. The first-order valence-corrected chi connectivity index (χ1v) is 13.2. The zero-order valence-electron chi connectivity index (χ0n) is 19.9. The maximum atomic E-state index is 13.1. The van der Waals surface area contributed by atoms with Crippen LogP contribution < -0.4 is 10.1 Å². The standard InChI is InChI=1S/C25H33ClN2O4S/c1-16(2)20-15-21(17(3)13-24(20)32-5)18(4)27-25(29)22-14-19(9-10-23(22)26)33(30,31)28-11-7-6-8-12-28/h9-10,13-16,18H,6-8,11-12H2,1-5H3,(H,27,29). The van der Waals surface area contributed by atoms with Crippen molar-refractivity contribution in [2.75, 3.05) is 20.2 Å². The van der Waals surface area contributed by atoms with Gasteiger partial charge in [-0.1, -0.05) is 31.9 Å². The summed E-state index contributed by atoms with van der Waals surface area (Å²) in [6.07, 6.45) is 2.72. The van der Waals surface area contributed by atoms with Gasteiger partial charge in [0.15, 0.2) is 0 Å². The van der Waals surface area contributed by atoms with Crippen molar-refractivity contribution in [3.63, 3.8) is 0 Å². The summed E-state index contributed by atoms with van der Waals surface area (Å²) in [4.78, 5) is 13.2. The van der Waals surface area contributed by atoms with Crippen LogP contribution in [-0.2, 0) is 10.0 Å². The maximum absolute atomic E-state index is 13.1. The molecule has 1 saturated heterocycles. The van der Waals surface area contributed by atoms with E-state index in [1.165, 1.54) is 22.5 Å². The highest BCUT2D eigenvalue weighted by Crippen LogP contribution is 2.32. The van der Waals surface area contributed by atoms with Crippen molar-refractivity contribution >= 4 is 27.5 Å². The van der Waals surface area contributed by atoms with E-state index in [0.717, 1.165) is 41.7 Å². The summed E-state index contributed by atoms with van der Waals surface area (Å²) in [5.74, 6) is 0.668. The van der Waals surface area contributed by atoms with Crippen LogP contribution >= 0.6 is 11.6 Å². The van der Waals surface area contributed by atoms with Crippen LogP contribution in [0.5, 0.6) is 5.75 Å². The van der Waals surface area contributed by atoms with E-state index in [1.54, 1.807) is 7.11 Å². The number of rotatable bonds is 7. The summed E-state index contributed by atoms with van der Waals surface area (Å²) < 4.78 is 33.1. The summed E-state index contributed by atoms with van der Waals surface area (Å²) in [6, 6.07) is 8.06. The molecular formula is C25H33ClN2O4S. The van der Waals surface area contributed by atoms with Crippen LogP contribution in [0, 0.1) is 6.92 Å². The molecular weight excluding hydrogens is 460 g/mol. The van der Waals surface area contributed by atoms with Crippen molar-refractivity contribution in [3.8, 4) is 5.75 Å². The van der Waals surface area contributed by atoms with Crippen LogP contribution in [-0.4, -0.2) is 38.8 Å². The van der Waals surface area contributed by atoms with Gasteiger partial charge in [-0.3, -0.25) is 4.79 Å². The third kappa shape index (κ3) is 5.53. The molecule has 0 radical (unpaired) electrons. The molecule has 0 saturated carbocycles. The van der Waals surface area contributed by atoms with Gasteiger partial charge in [0.25, 0.3) is 5.91 Å². The number of methoxy groups -OCH3 is 1. The van der Waals surface area contributed by atoms with Gasteiger partial charge in [0.1, 0.15) is 5.75 Å². The van der Waals surface area contributed by atoms with E-state index in [1.807, 2.05) is 19.9 Å². The first-order chi connectivity index (χ1) is 15.6. The molecule has 0 aromatic heterocycles. The Balaban J connectivity index is 1.87. The topological polar surface area (TPSA) is 75.7 Å². The lowest BCUT2D eigenvalue weighted by Gasteiger charge is -2.26. The van der Waals surface area contributed by atoms with Gasteiger partial charge in [-0.25, -0.2) is 8.42 Å². The highest BCUT2D eigenvalue weighted by Gasteiger charge is 2.27. The largest absolute Gasteiger partial charge is 0.496 e. The van der Waals surface area contributed by atoms with Crippen molar-refractivity contribution in [2.45, 2.75) is 63.8 Å². The van der Waals surface area contributed by atoms with Crippen molar-refractivity contribution in [2.24, 2.45) is 0 Å². The molecule has 1 unspecified atom stereocenters. The molecule has 6 nitrogen and oxygen atoms in total. The van der Waals surface area contributed by atoms with Crippen molar-refractivity contribution in [3.05, 3.63) is 57.6 Å². The highest BCUT2D eigenvalue weighted by molar-refractivity contribution is 7.89. The molecule has 1 atom stereocenters. The molecule has 1 heterocycles. The van der Waals surface area contributed by atoms with Crippen molar-refractivity contribution in [1.82, 2.24) is 9.62 Å². The predicted octanol–water partition coefficient (Wildman–Crippen LogP) is 5.45. The number of ether oxygens (including phenoxy) is 1. The predicted molar refractivity (Wildman–Crippen MR) is 132 cm³/mol. The fourth-order valence-electron chi connectivity index (χ4n) is 4.26. The number of piperidine rings is 1. The summed E-state index contributed by atoms with van der Waals surface area (Å²) >= 11 is 6.31. The Morgan fingerprint density at radius 1 is 1.06 bits per heavy atom. The van der Waals surface area contributed by atoms with Crippen LogP contribution in [0.25, 0.3) is 0 Å². The molecule has 1 fully saturated rings.